The van der Waals surface area contributed by atoms with Crippen molar-refractivity contribution >= 4 is 11.9 Å². The summed E-state index contributed by atoms with van der Waals surface area (Å²) in [5.74, 6) is -1.10. The van der Waals surface area contributed by atoms with Crippen molar-refractivity contribution in [3.05, 3.63) is 35.4 Å². The largest absolute Gasteiger partial charge is 0.481 e. The van der Waals surface area contributed by atoms with E-state index in [4.69, 9.17) is 10.8 Å². The molecule has 1 aromatic rings. The number of amides is 1. The molecule has 3 N–H and O–H groups in total. The number of piperidine rings is 1. The lowest BCUT2D eigenvalue weighted by Gasteiger charge is -2.36. The van der Waals surface area contributed by atoms with Gasteiger partial charge in [0.15, 0.2) is 0 Å². The van der Waals surface area contributed by atoms with E-state index in [1.165, 1.54) is 0 Å². The van der Waals surface area contributed by atoms with Crippen molar-refractivity contribution in [3.8, 4) is 0 Å². The van der Waals surface area contributed by atoms with Gasteiger partial charge in [-0.15, -0.1) is 0 Å². The van der Waals surface area contributed by atoms with E-state index in [0.717, 1.165) is 30.5 Å². The molecule has 1 heterocycles. The van der Waals surface area contributed by atoms with E-state index in [1.807, 2.05) is 24.3 Å². The summed E-state index contributed by atoms with van der Waals surface area (Å²) in [6.07, 6.45) is 1.89. The van der Waals surface area contributed by atoms with Gasteiger partial charge in [0, 0.05) is 19.1 Å². The normalized spacial score (nSPS) is 22.9. The molecule has 1 aliphatic rings. The smallest absolute Gasteiger partial charge is 0.307 e. The van der Waals surface area contributed by atoms with Crippen molar-refractivity contribution in [1.82, 2.24) is 4.90 Å². The highest BCUT2D eigenvalue weighted by atomic mass is 16.4. The maximum atomic E-state index is 11.3. The van der Waals surface area contributed by atoms with Gasteiger partial charge < -0.3 is 10.8 Å². The first-order chi connectivity index (χ1) is 9.95. The highest BCUT2D eigenvalue weighted by Crippen LogP contribution is 2.23. The van der Waals surface area contributed by atoms with Gasteiger partial charge in [-0.1, -0.05) is 24.3 Å². The number of hydrogen-bond acceptors (Lipinski definition) is 3. The second-order valence-electron chi connectivity index (χ2n) is 5.84. The predicted octanol–water partition coefficient (Wildman–Crippen LogP) is 1.40. The van der Waals surface area contributed by atoms with Crippen molar-refractivity contribution in [2.45, 2.75) is 38.8 Å². The lowest BCUT2D eigenvalue weighted by molar-refractivity contribution is -0.136. The van der Waals surface area contributed by atoms with Gasteiger partial charge in [0.1, 0.15) is 0 Å². The molecule has 1 aliphatic heterocycles. The molecule has 21 heavy (non-hydrogen) atoms. The van der Waals surface area contributed by atoms with E-state index >= 15 is 0 Å². The highest BCUT2D eigenvalue weighted by molar-refractivity contribution is 5.77. The van der Waals surface area contributed by atoms with Crippen molar-refractivity contribution in [1.29, 1.82) is 0 Å². The number of primary amides is 1. The fourth-order valence-corrected chi connectivity index (χ4v) is 2.80. The van der Waals surface area contributed by atoms with Crippen LogP contribution in [-0.4, -0.2) is 34.5 Å². The number of aliphatic carboxylic acids is 1. The van der Waals surface area contributed by atoms with Gasteiger partial charge in [0.2, 0.25) is 5.91 Å². The van der Waals surface area contributed by atoms with Gasteiger partial charge in [0.05, 0.1) is 12.3 Å². The molecule has 2 rings (SSSR count). The average molecular weight is 290 g/mol. The summed E-state index contributed by atoms with van der Waals surface area (Å²) >= 11 is 0. The number of carboxylic acids is 1. The number of hydrogen-bond donors (Lipinski definition) is 2. The molecule has 0 spiro atoms. The molecule has 2 atom stereocenters. The standard InChI is InChI=1S/C16H22N2O3/c1-11-2-7-14(16(17)21)10-18(11)9-13-5-3-12(4-6-13)8-15(19)20/h3-6,11,14H,2,7-10H2,1H3,(H2,17,21)(H,19,20). The molecule has 114 valence electrons. The van der Waals surface area contributed by atoms with Crippen LogP contribution in [0.2, 0.25) is 0 Å². The molecule has 0 aliphatic carbocycles. The summed E-state index contributed by atoms with van der Waals surface area (Å²) in [5.41, 5.74) is 7.34. The van der Waals surface area contributed by atoms with Crippen molar-refractivity contribution in [2.75, 3.05) is 6.54 Å². The Hall–Kier alpha value is -1.88. The SMILES string of the molecule is CC1CCC(C(N)=O)CN1Cc1ccc(CC(=O)O)cc1. The monoisotopic (exact) mass is 290 g/mol. The zero-order chi connectivity index (χ0) is 15.4. The number of carbonyl (C=O) groups excluding carboxylic acids is 1. The quantitative estimate of drug-likeness (QED) is 0.858. The third-order valence-corrected chi connectivity index (χ3v) is 4.18. The lowest BCUT2D eigenvalue weighted by atomic mass is 9.92. The van der Waals surface area contributed by atoms with Crippen molar-refractivity contribution < 1.29 is 14.7 Å². The van der Waals surface area contributed by atoms with Crippen molar-refractivity contribution in [2.24, 2.45) is 11.7 Å². The minimum absolute atomic E-state index is 0.0458. The molecule has 0 bridgehead atoms. The van der Waals surface area contributed by atoms with Gasteiger partial charge in [-0.25, -0.2) is 0 Å². The first-order valence-electron chi connectivity index (χ1n) is 7.28. The summed E-state index contributed by atoms with van der Waals surface area (Å²) in [5, 5.41) is 8.76. The first kappa shape index (κ1) is 15.5. The topological polar surface area (TPSA) is 83.6 Å². The van der Waals surface area contributed by atoms with E-state index < -0.39 is 5.97 Å². The van der Waals surface area contributed by atoms with E-state index in [2.05, 4.69) is 11.8 Å². The molecule has 5 heteroatoms. The van der Waals surface area contributed by atoms with Crippen LogP contribution in [0.4, 0.5) is 0 Å². The second-order valence-corrected chi connectivity index (χ2v) is 5.84. The average Bonchev–Trinajstić information content (AvgIpc) is 2.42. The Morgan fingerprint density at radius 2 is 1.86 bits per heavy atom. The van der Waals surface area contributed by atoms with Crippen LogP contribution in [0, 0.1) is 5.92 Å². The molecule has 1 aromatic carbocycles. The van der Waals surface area contributed by atoms with Crippen LogP contribution in [0.3, 0.4) is 0 Å². The van der Waals surface area contributed by atoms with Crippen molar-refractivity contribution in [3.63, 3.8) is 0 Å². The Bertz CT molecular complexity index is 513. The van der Waals surface area contributed by atoms with E-state index in [9.17, 15) is 9.59 Å². The summed E-state index contributed by atoms with van der Waals surface area (Å²) in [6.45, 7) is 3.63. The molecule has 1 fully saturated rings. The maximum Gasteiger partial charge on any atom is 0.307 e. The van der Waals surface area contributed by atoms with Crippen LogP contribution in [-0.2, 0) is 22.6 Å². The molecular weight excluding hydrogens is 268 g/mol. The molecule has 0 aromatic heterocycles. The minimum Gasteiger partial charge on any atom is -0.481 e. The number of carboxylic acid groups (broad SMARTS) is 1. The molecule has 1 amide bonds. The van der Waals surface area contributed by atoms with Gasteiger partial charge >= 0.3 is 5.97 Å². The van der Waals surface area contributed by atoms with Crippen LogP contribution in [0.5, 0.6) is 0 Å². The van der Waals surface area contributed by atoms with Gasteiger partial charge in [-0.2, -0.15) is 0 Å². The maximum absolute atomic E-state index is 11.3. The van der Waals surface area contributed by atoms with Crippen LogP contribution >= 0.6 is 0 Å². The first-order valence-corrected chi connectivity index (χ1v) is 7.28. The Balaban J connectivity index is 1.99. The van der Waals surface area contributed by atoms with E-state index in [-0.39, 0.29) is 18.2 Å². The van der Waals surface area contributed by atoms with E-state index in [1.54, 1.807) is 0 Å². The Kier molecular flexibility index (Phi) is 4.96. The third-order valence-electron chi connectivity index (χ3n) is 4.18. The molecule has 0 radical (unpaired) electrons. The van der Waals surface area contributed by atoms with Crippen LogP contribution < -0.4 is 5.73 Å². The second kappa shape index (κ2) is 6.72. The zero-order valence-electron chi connectivity index (χ0n) is 12.3. The number of benzene rings is 1. The third kappa shape index (κ3) is 4.29. The molecule has 2 unspecified atom stereocenters. The van der Waals surface area contributed by atoms with Crippen LogP contribution in [0.15, 0.2) is 24.3 Å². The fourth-order valence-electron chi connectivity index (χ4n) is 2.80. The number of nitrogens with zero attached hydrogens (tertiary/aromatic N) is 1. The number of nitrogens with two attached hydrogens (primary N) is 1. The van der Waals surface area contributed by atoms with Gasteiger partial charge in [0.25, 0.3) is 0 Å². The number of carbonyl (C=O) groups is 2. The minimum atomic E-state index is -0.822. The summed E-state index contributed by atoms with van der Waals surface area (Å²) in [4.78, 5) is 24.3. The summed E-state index contributed by atoms with van der Waals surface area (Å²) in [7, 11) is 0. The summed E-state index contributed by atoms with van der Waals surface area (Å²) < 4.78 is 0. The predicted molar refractivity (Wildman–Crippen MR) is 79.6 cm³/mol. The van der Waals surface area contributed by atoms with E-state index in [0.29, 0.717) is 12.6 Å². The zero-order valence-corrected chi connectivity index (χ0v) is 12.3. The molecule has 1 saturated heterocycles. The molecular formula is C16H22N2O3. The van der Waals surface area contributed by atoms with Crippen LogP contribution in [0.25, 0.3) is 0 Å². The van der Waals surface area contributed by atoms with Gasteiger partial charge in [-0.05, 0) is 30.9 Å². The number of rotatable bonds is 5. The van der Waals surface area contributed by atoms with Crippen LogP contribution in [0.1, 0.15) is 30.9 Å². The Morgan fingerprint density at radius 1 is 1.24 bits per heavy atom. The highest BCUT2D eigenvalue weighted by Gasteiger charge is 2.28. The Labute approximate surface area is 124 Å². The molecule has 0 saturated carbocycles. The lowest BCUT2D eigenvalue weighted by Crippen LogP contribution is -2.45. The Morgan fingerprint density at radius 3 is 2.43 bits per heavy atom. The molecule has 5 nitrogen and oxygen atoms in total. The fraction of sp³-hybridized carbons (Fsp3) is 0.500. The summed E-state index contributed by atoms with van der Waals surface area (Å²) in [6, 6.07) is 8.05. The van der Waals surface area contributed by atoms with Gasteiger partial charge in [-0.3, -0.25) is 14.5 Å². The number of likely N-dealkylation sites (tertiary alicyclic amines) is 1.